The third kappa shape index (κ3) is 5.34. The average Bonchev–Trinajstić information content (AvgIpc) is 2.34. The summed E-state index contributed by atoms with van der Waals surface area (Å²) in [7, 11) is 3.74. The third-order valence-electron chi connectivity index (χ3n) is 2.57. The van der Waals surface area contributed by atoms with E-state index in [0.717, 1.165) is 0 Å². The van der Waals surface area contributed by atoms with Gasteiger partial charge in [-0.25, -0.2) is 0 Å². The van der Waals surface area contributed by atoms with Crippen molar-refractivity contribution >= 4 is 5.91 Å². The van der Waals surface area contributed by atoms with E-state index in [0.29, 0.717) is 24.3 Å². The Bertz CT molecular complexity index is 432. The van der Waals surface area contributed by atoms with Crippen molar-refractivity contribution in [2.45, 2.75) is 19.1 Å². The van der Waals surface area contributed by atoms with E-state index < -0.39 is 5.60 Å². The summed E-state index contributed by atoms with van der Waals surface area (Å²) in [4.78, 5) is 17.8. The molecule has 19 heavy (non-hydrogen) atoms. The first-order chi connectivity index (χ1) is 8.84. The first-order valence-corrected chi connectivity index (χ1v) is 6.14. The maximum absolute atomic E-state index is 11.9. The molecule has 0 aliphatic carbocycles. The Balaban J connectivity index is 2.60. The Kier molecular flexibility index (Phi) is 5.41. The van der Waals surface area contributed by atoms with Gasteiger partial charge in [0, 0.05) is 31.4 Å². The summed E-state index contributed by atoms with van der Waals surface area (Å²) < 4.78 is 0. The number of nitrogens with two attached hydrogens (primary N) is 1. The van der Waals surface area contributed by atoms with Gasteiger partial charge in [0.2, 0.25) is 0 Å². The van der Waals surface area contributed by atoms with Crippen LogP contribution < -0.4 is 11.1 Å². The molecule has 1 atom stereocenters. The Morgan fingerprint density at radius 3 is 2.84 bits per heavy atom. The van der Waals surface area contributed by atoms with Crippen molar-refractivity contribution in [2.24, 2.45) is 5.73 Å². The van der Waals surface area contributed by atoms with Gasteiger partial charge in [-0.15, -0.1) is 0 Å². The lowest BCUT2D eigenvalue weighted by atomic mass is 10.1. The minimum atomic E-state index is -0.969. The van der Waals surface area contributed by atoms with Crippen molar-refractivity contribution in [1.29, 1.82) is 0 Å². The number of nitrogens with one attached hydrogen (secondary N) is 1. The zero-order valence-corrected chi connectivity index (χ0v) is 11.7. The summed E-state index contributed by atoms with van der Waals surface area (Å²) in [5.74, 6) is -0.240. The summed E-state index contributed by atoms with van der Waals surface area (Å²) in [6, 6.07) is 3.27. The summed E-state index contributed by atoms with van der Waals surface area (Å²) in [6.45, 7) is 2.63. The molecule has 0 spiro atoms. The number of aliphatic hydroxyl groups is 1. The monoisotopic (exact) mass is 266 g/mol. The van der Waals surface area contributed by atoms with Crippen molar-refractivity contribution in [3.05, 3.63) is 29.6 Å². The van der Waals surface area contributed by atoms with Gasteiger partial charge in [0.1, 0.15) is 0 Å². The number of carbonyl (C=O) groups excluding carboxylic acids is 1. The van der Waals surface area contributed by atoms with Crippen LogP contribution in [0.3, 0.4) is 0 Å². The van der Waals surface area contributed by atoms with E-state index in [1.54, 1.807) is 25.3 Å². The van der Waals surface area contributed by atoms with Crippen LogP contribution in [0.2, 0.25) is 0 Å². The maximum Gasteiger partial charge on any atom is 0.251 e. The number of pyridine rings is 1. The van der Waals surface area contributed by atoms with Crippen LogP contribution in [0.4, 0.5) is 0 Å². The Hall–Kier alpha value is -1.50. The molecule has 1 heterocycles. The molecule has 1 amide bonds. The SMILES string of the molecule is CN(C)CC(C)(O)CNC(=O)c1ccnc(CN)c1. The maximum atomic E-state index is 11.9. The largest absolute Gasteiger partial charge is 0.387 e. The molecule has 0 aliphatic heterocycles. The lowest BCUT2D eigenvalue weighted by Gasteiger charge is -2.27. The second kappa shape index (κ2) is 6.60. The second-order valence-electron chi connectivity index (χ2n) is 5.16. The first-order valence-electron chi connectivity index (χ1n) is 6.14. The third-order valence-corrected chi connectivity index (χ3v) is 2.57. The quantitative estimate of drug-likeness (QED) is 0.650. The van der Waals surface area contributed by atoms with Crippen molar-refractivity contribution in [3.63, 3.8) is 0 Å². The van der Waals surface area contributed by atoms with Crippen molar-refractivity contribution in [2.75, 3.05) is 27.2 Å². The fourth-order valence-corrected chi connectivity index (χ4v) is 1.84. The predicted octanol–water partition coefficient (Wildman–Crippen LogP) is -0.417. The number of rotatable bonds is 6. The molecule has 0 radical (unpaired) electrons. The molecule has 4 N–H and O–H groups in total. The van der Waals surface area contributed by atoms with Gasteiger partial charge in [0.15, 0.2) is 0 Å². The van der Waals surface area contributed by atoms with E-state index in [2.05, 4.69) is 10.3 Å². The van der Waals surface area contributed by atoms with Gasteiger partial charge in [0.05, 0.1) is 11.3 Å². The molecule has 0 saturated heterocycles. The van der Waals surface area contributed by atoms with Gasteiger partial charge in [-0.3, -0.25) is 9.78 Å². The molecule has 106 valence electrons. The number of hydrogen-bond donors (Lipinski definition) is 3. The molecular weight excluding hydrogens is 244 g/mol. The van der Waals surface area contributed by atoms with Crippen molar-refractivity contribution in [3.8, 4) is 0 Å². The minimum absolute atomic E-state index is 0.185. The normalized spacial score (nSPS) is 14.2. The lowest BCUT2D eigenvalue weighted by molar-refractivity contribution is 0.0326. The summed E-state index contributed by atoms with van der Waals surface area (Å²) >= 11 is 0. The molecule has 0 aromatic carbocycles. The van der Waals surface area contributed by atoms with Crippen molar-refractivity contribution < 1.29 is 9.90 Å². The number of nitrogens with zero attached hydrogens (tertiary/aromatic N) is 2. The smallest absolute Gasteiger partial charge is 0.251 e. The number of likely N-dealkylation sites (N-methyl/N-ethyl adjacent to an activating group) is 1. The second-order valence-corrected chi connectivity index (χ2v) is 5.16. The van der Waals surface area contributed by atoms with E-state index >= 15 is 0 Å². The molecule has 0 aliphatic rings. The number of carbonyl (C=O) groups is 1. The topological polar surface area (TPSA) is 91.5 Å². The number of hydrogen-bond acceptors (Lipinski definition) is 5. The van der Waals surface area contributed by atoms with Crippen LogP contribution in [0.5, 0.6) is 0 Å². The fraction of sp³-hybridized carbons (Fsp3) is 0.538. The molecule has 1 rings (SSSR count). The molecule has 0 fully saturated rings. The van der Waals surface area contributed by atoms with Crippen LogP contribution in [0.1, 0.15) is 23.0 Å². The minimum Gasteiger partial charge on any atom is -0.387 e. The highest BCUT2D eigenvalue weighted by Gasteiger charge is 2.22. The Morgan fingerprint density at radius 1 is 1.58 bits per heavy atom. The summed E-state index contributed by atoms with van der Waals surface area (Å²) in [5.41, 5.74) is 5.66. The highest BCUT2D eigenvalue weighted by Crippen LogP contribution is 2.05. The Morgan fingerprint density at radius 2 is 2.26 bits per heavy atom. The lowest BCUT2D eigenvalue weighted by Crippen LogP contribution is -2.47. The molecule has 0 bridgehead atoms. The molecule has 1 unspecified atom stereocenters. The van der Waals surface area contributed by atoms with Gasteiger partial charge < -0.3 is 21.1 Å². The molecule has 0 saturated carbocycles. The van der Waals surface area contributed by atoms with Crippen molar-refractivity contribution in [1.82, 2.24) is 15.2 Å². The predicted molar refractivity (Wildman–Crippen MR) is 73.6 cm³/mol. The molecule has 6 heteroatoms. The summed E-state index contributed by atoms with van der Waals surface area (Å²) in [5, 5.41) is 12.8. The number of amides is 1. The van der Waals surface area contributed by atoms with Crippen LogP contribution in [-0.2, 0) is 6.54 Å². The molecule has 1 aromatic heterocycles. The standard InChI is InChI=1S/C13H22N4O2/c1-13(19,9-17(2)3)8-16-12(18)10-4-5-15-11(6-10)7-14/h4-6,19H,7-9,14H2,1-3H3,(H,16,18). The number of aromatic nitrogens is 1. The fourth-order valence-electron chi connectivity index (χ4n) is 1.84. The van der Waals surface area contributed by atoms with Crippen LogP contribution in [0, 0.1) is 0 Å². The summed E-state index contributed by atoms with van der Waals surface area (Å²) in [6.07, 6.45) is 1.55. The highest BCUT2D eigenvalue weighted by atomic mass is 16.3. The zero-order valence-electron chi connectivity index (χ0n) is 11.7. The van der Waals surface area contributed by atoms with E-state index in [4.69, 9.17) is 5.73 Å². The van der Waals surface area contributed by atoms with Gasteiger partial charge in [0.25, 0.3) is 5.91 Å². The van der Waals surface area contributed by atoms with E-state index in [-0.39, 0.29) is 12.5 Å². The van der Waals surface area contributed by atoms with Crippen LogP contribution >= 0.6 is 0 Å². The van der Waals surface area contributed by atoms with E-state index in [1.165, 1.54) is 0 Å². The first kappa shape index (κ1) is 15.6. The zero-order chi connectivity index (χ0) is 14.5. The van der Waals surface area contributed by atoms with Gasteiger partial charge in [-0.1, -0.05) is 0 Å². The highest BCUT2D eigenvalue weighted by molar-refractivity contribution is 5.94. The molecule has 6 nitrogen and oxygen atoms in total. The van der Waals surface area contributed by atoms with Crippen LogP contribution in [0.15, 0.2) is 18.3 Å². The van der Waals surface area contributed by atoms with Crippen LogP contribution in [-0.4, -0.2) is 53.7 Å². The van der Waals surface area contributed by atoms with Crippen LogP contribution in [0.25, 0.3) is 0 Å². The van der Waals surface area contributed by atoms with E-state index in [9.17, 15) is 9.90 Å². The molecule has 1 aromatic rings. The Labute approximate surface area is 113 Å². The average molecular weight is 266 g/mol. The van der Waals surface area contributed by atoms with Gasteiger partial charge >= 0.3 is 0 Å². The van der Waals surface area contributed by atoms with Gasteiger partial charge in [-0.2, -0.15) is 0 Å². The van der Waals surface area contributed by atoms with Gasteiger partial charge in [-0.05, 0) is 33.2 Å². The molecular formula is C13H22N4O2. The van der Waals surface area contributed by atoms with E-state index in [1.807, 2.05) is 19.0 Å².